The van der Waals surface area contributed by atoms with Gasteiger partial charge in [-0.25, -0.2) is 0 Å². The van der Waals surface area contributed by atoms with Crippen molar-refractivity contribution in [2.45, 2.75) is 26.5 Å². The predicted octanol–water partition coefficient (Wildman–Crippen LogP) is 3.59. The zero-order valence-corrected chi connectivity index (χ0v) is 10.9. The van der Waals surface area contributed by atoms with Crippen LogP contribution in [0, 0.1) is 6.92 Å². The van der Waals surface area contributed by atoms with Crippen molar-refractivity contribution >= 4 is 0 Å². The van der Waals surface area contributed by atoms with E-state index in [-0.39, 0.29) is 6.04 Å². The van der Waals surface area contributed by atoms with Gasteiger partial charge in [-0.2, -0.15) is 0 Å². The molecular weight excluding hydrogens is 222 g/mol. The topological polar surface area (TPSA) is 35.2 Å². The van der Waals surface area contributed by atoms with E-state index in [0.29, 0.717) is 6.61 Å². The first kappa shape index (κ1) is 12.7. The van der Waals surface area contributed by atoms with Crippen molar-refractivity contribution in [3.05, 3.63) is 65.2 Å². The molecule has 2 rings (SSSR count). The maximum atomic E-state index is 5.85. The monoisotopic (exact) mass is 241 g/mol. The maximum absolute atomic E-state index is 5.85. The number of benzene rings is 2. The summed E-state index contributed by atoms with van der Waals surface area (Å²) in [6, 6.07) is 16.3. The number of hydrogen-bond donors (Lipinski definition) is 1. The summed E-state index contributed by atoms with van der Waals surface area (Å²) in [5.41, 5.74) is 9.38. The summed E-state index contributed by atoms with van der Waals surface area (Å²) in [4.78, 5) is 0. The van der Waals surface area contributed by atoms with Gasteiger partial charge in [0.05, 0.1) is 0 Å². The second-order valence-electron chi connectivity index (χ2n) is 4.64. The molecule has 0 saturated carbocycles. The molecule has 2 N–H and O–H groups in total. The zero-order chi connectivity index (χ0) is 13.0. The summed E-state index contributed by atoms with van der Waals surface area (Å²) in [6.45, 7) is 4.64. The quantitative estimate of drug-likeness (QED) is 0.887. The van der Waals surface area contributed by atoms with Crippen molar-refractivity contribution < 1.29 is 4.74 Å². The molecule has 2 aromatic carbocycles. The second-order valence-corrected chi connectivity index (χ2v) is 4.64. The molecule has 0 radical (unpaired) electrons. The van der Waals surface area contributed by atoms with Crippen molar-refractivity contribution in [3.63, 3.8) is 0 Å². The Morgan fingerprint density at radius 2 is 1.83 bits per heavy atom. The highest BCUT2D eigenvalue weighted by molar-refractivity contribution is 5.30. The fourth-order valence-corrected chi connectivity index (χ4v) is 1.74. The fourth-order valence-electron chi connectivity index (χ4n) is 1.74. The van der Waals surface area contributed by atoms with Gasteiger partial charge in [0, 0.05) is 6.04 Å². The standard InChI is InChI=1S/C16H19NO/c1-12-6-8-14(9-7-12)11-18-16-5-3-4-15(10-16)13(2)17/h3-10,13H,11,17H2,1-2H3/t13-/m0/s1. The summed E-state index contributed by atoms with van der Waals surface area (Å²) in [6.07, 6.45) is 0. The summed E-state index contributed by atoms with van der Waals surface area (Å²) in [7, 11) is 0. The Bertz CT molecular complexity index is 503. The van der Waals surface area contributed by atoms with Crippen LogP contribution in [0.5, 0.6) is 5.75 Å². The van der Waals surface area contributed by atoms with Crippen molar-refractivity contribution in [3.8, 4) is 5.75 Å². The van der Waals surface area contributed by atoms with Gasteiger partial charge in [-0.3, -0.25) is 0 Å². The van der Waals surface area contributed by atoms with E-state index in [1.165, 1.54) is 11.1 Å². The zero-order valence-electron chi connectivity index (χ0n) is 10.9. The minimum Gasteiger partial charge on any atom is -0.489 e. The van der Waals surface area contributed by atoms with Gasteiger partial charge in [0.15, 0.2) is 0 Å². The first-order valence-corrected chi connectivity index (χ1v) is 6.19. The van der Waals surface area contributed by atoms with E-state index < -0.39 is 0 Å². The van der Waals surface area contributed by atoms with E-state index in [1.807, 2.05) is 31.2 Å². The van der Waals surface area contributed by atoms with Crippen LogP contribution in [-0.4, -0.2) is 0 Å². The number of rotatable bonds is 4. The predicted molar refractivity (Wildman–Crippen MR) is 74.6 cm³/mol. The van der Waals surface area contributed by atoms with Crippen LogP contribution in [0.2, 0.25) is 0 Å². The molecule has 0 unspecified atom stereocenters. The van der Waals surface area contributed by atoms with Gasteiger partial charge < -0.3 is 10.5 Å². The molecule has 2 heteroatoms. The van der Waals surface area contributed by atoms with E-state index in [2.05, 4.69) is 31.2 Å². The molecule has 1 atom stereocenters. The minimum absolute atomic E-state index is 0.0351. The molecule has 0 aromatic heterocycles. The lowest BCUT2D eigenvalue weighted by molar-refractivity contribution is 0.306. The highest BCUT2D eigenvalue weighted by atomic mass is 16.5. The molecule has 0 aliphatic heterocycles. The molecule has 0 bridgehead atoms. The van der Waals surface area contributed by atoms with Gasteiger partial charge in [0.2, 0.25) is 0 Å². The average Bonchev–Trinajstić information content (AvgIpc) is 2.38. The van der Waals surface area contributed by atoms with Crippen molar-refractivity contribution in [1.29, 1.82) is 0 Å². The minimum atomic E-state index is 0.0351. The maximum Gasteiger partial charge on any atom is 0.120 e. The Hall–Kier alpha value is -1.80. The normalized spacial score (nSPS) is 12.2. The molecule has 0 saturated heterocycles. The third-order valence-electron chi connectivity index (χ3n) is 2.91. The van der Waals surface area contributed by atoms with E-state index in [0.717, 1.165) is 11.3 Å². The molecular formula is C16H19NO. The van der Waals surface area contributed by atoms with Crippen LogP contribution in [0.3, 0.4) is 0 Å². The van der Waals surface area contributed by atoms with E-state index in [9.17, 15) is 0 Å². The van der Waals surface area contributed by atoms with Crippen molar-refractivity contribution in [2.24, 2.45) is 5.73 Å². The number of ether oxygens (including phenoxy) is 1. The Morgan fingerprint density at radius 1 is 1.11 bits per heavy atom. The number of nitrogens with two attached hydrogens (primary N) is 1. The van der Waals surface area contributed by atoms with E-state index in [1.54, 1.807) is 0 Å². The van der Waals surface area contributed by atoms with Crippen LogP contribution in [0.1, 0.15) is 29.7 Å². The van der Waals surface area contributed by atoms with Crippen LogP contribution >= 0.6 is 0 Å². The fraction of sp³-hybridized carbons (Fsp3) is 0.250. The summed E-state index contributed by atoms with van der Waals surface area (Å²) in [5.74, 6) is 0.866. The van der Waals surface area contributed by atoms with E-state index >= 15 is 0 Å². The molecule has 0 fully saturated rings. The number of hydrogen-bond acceptors (Lipinski definition) is 2. The molecule has 2 nitrogen and oxygen atoms in total. The highest BCUT2D eigenvalue weighted by Crippen LogP contribution is 2.18. The van der Waals surface area contributed by atoms with Gasteiger partial charge in [0.1, 0.15) is 12.4 Å². The number of aryl methyl sites for hydroxylation is 1. The molecule has 2 aromatic rings. The molecule has 0 aliphatic rings. The van der Waals surface area contributed by atoms with Gasteiger partial charge in [-0.1, -0.05) is 42.0 Å². The Kier molecular flexibility index (Phi) is 4.00. The molecule has 0 aliphatic carbocycles. The van der Waals surface area contributed by atoms with Crippen molar-refractivity contribution in [1.82, 2.24) is 0 Å². The molecule has 0 heterocycles. The second kappa shape index (κ2) is 5.69. The largest absolute Gasteiger partial charge is 0.489 e. The van der Waals surface area contributed by atoms with Crippen molar-refractivity contribution in [2.75, 3.05) is 0 Å². The molecule has 18 heavy (non-hydrogen) atoms. The Morgan fingerprint density at radius 3 is 2.50 bits per heavy atom. The SMILES string of the molecule is Cc1ccc(COc2cccc([C@H](C)N)c2)cc1. The Balaban J connectivity index is 2.01. The smallest absolute Gasteiger partial charge is 0.120 e. The first-order chi connectivity index (χ1) is 8.65. The van der Waals surface area contributed by atoms with Crippen LogP contribution in [-0.2, 0) is 6.61 Å². The van der Waals surface area contributed by atoms with Crippen LogP contribution < -0.4 is 10.5 Å². The first-order valence-electron chi connectivity index (χ1n) is 6.19. The molecule has 0 amide bonds. The summed E-state index contributed by atoms with van der Waals surface area (Å²) in [5, 5.41) is 0. The summed E-state index contributed by atoms with van der Waals surface area (Å²) >= 11 is 0. The highest BCUT2D eigenvalue weighted by Gasteiger charge is 2.01. The lowest BCUT2D eigenvalue weighted by atomic mass is 10.1. The third-order valence-corrected chi connectivity index (χ3v) is 2.91. The van der Waals surface area contributed by atoms with Crippen LogP contribution in [0.15, 0.2) is 48.5 Å². The average molecular weight is 241 g/mol. The third kappa shape index (κ3) is 3.34. The van der Waals surface area contributed by atoms with Crippen LogP contribution in [0.4, 0.5) is 0 Å². The van der Waals surface area contributed by atoms with Gasteiger partial charge >= 0.3 is 0 Å². The summed E-state index contributed by atoms with van der Waals surface area (Å²) < 4.78 is 5.77. The van der Waals surface area contributed by atoms with E-state index in [4.69, 9.17) is 10.5 Å². The Labute approximate surface area is 108 Å². The van der Waals surface area contributed by atoms with Crippen LogP contribution in [0.25, 0.3) is 0 Å². The van der Waals surface area contributed by atoms with Gasteiger partial charge in [-0.05, 0) is 37.1 Å². The lowest BCUT2D eigenvalue weighted by Crippen LogP contribution is -2.05. The van der Waals surface area contributed by atoms with Gasteiger partial charge in [0.25, 0.3) is 0 Å². The molecule has 0 spiro atoms. The van der Waals surface area contributed by atoms with Gasteiger partial charge in [-0.15, -0.1) is 0 Å². The lowest BCUT2D eigenvalue weighted by Gasteiger charge is -2.10. The molecule has 94 valence electrons.